The number of nitrogen functional groups attached to an aromatic ring is 1. The van der Waals surface area contributed by atoms with Crippen molar-refractivity contribution < 1.29 is 4.79 Å². The molecule has 96 valence electrons. The molecule has 0 radical (unpaired) electrons. The van der Waals surface area contributed by atoms with Crippen LogP contribution in [0, 0.1) is 6.92 Å². The molecule has 0 aliphatic heterocycles. The standard InChI is InChI=1S/C8H11N7OS2/c1-5-11-13-8(18-5)17-3-2-15-4-6(12-14-15)7(16)10-9/h4H,2-3,9H2,1H3,(H,10,16). The lowest BCUT2D eigenvalue weighted by Crippen LogP contribution is -2.30. The highest BCUT2D eigenvalue weighted by molar-refractivity contribution is 8.01. The van der Waals surface area contributed by atoms with Crippen molar-refractivity contribution in [3.05, 3.63) is 16.9 Å². The Morgan fingerprint density at radius 2 is 2.39 bits per heavy atom. The smallest absolute Gasteiger partial charge is 0.287 e. The molecule has 0 aliphatic rings. The molecule has 0 spiro atoms. The zero-order valence-corrected chi connectivity index (χ0v) is 11.2. The molecular weight excluding hydrogens is 274 g/mol. The van der Waals surface area contributed by atoms with Crippen molar-refractivity contribution in [2.24, 2.45) is 5.84 Å². The number of amides is 1. The molecule has 0 aromatic carbocycles. The Bertz CT molecular complexity index is 537. The van der Waals surface area contributed by atoms with E-state index in [0.717, 1.165) is 15.1 Å². The fraction of sp³-hybridized carbons (Fsp3) is 0.375. The number of carbonyl (C=O) groups is 1. The average molecular weight is 285 g/mol. The monoisotopic (exact) mass is 285 g/mol. The predicted octanol–water partition coefficient (Wildman–Crippen LogP) is -0.166. The van der Waals surface area contributed by atoms with Crippen LogP contribution in [0.25, 0.3) is 0 Å². The average Bonchev–Trinajstić information content (AvgIpc) is 2.98. The number of carbonyl (C=O) groups excluding carboxylic acids is 1. The van der Waals surface area contributed by atoms with Gasteiger partial charge in [-0.1, -0.05) is 28.3 Å². The third-order valence-electron chi connectivity index (χ3n) is 1.96. The van der Waals surface area contributed by atoms with E-state index in [2.05, 4.69) is 20.5 Å². The summed E-state index contributed by atoms with van der Waals surface area (Å²) < 4.78 is 2.51. The second kappa shape index (κ2) is 5.89. The molecule has 8 nitrogen and oxygen atoms in total. The van der Waals surface area contributed by atoms with Crippen molar-refractivity contribution in [1.82, 2.24) is 30.6 Å². The molecule has 10 heteroatoms. The largest absolute Gasteiger partial charge is 0.289 e. The number of aryl methyl sites for hydroxylation is 2. The Labute approximate surface area is 111 Å². The van der Waals surface area contributed by atoms with Crippen molar-refractivity contribution in [2.45, 2.75) is 17.8 Å². The van der Waals surface area contributed by atoms with Crippen LogP contribution in [-0.4, -0.2) is 36.9 Å². The van der Waals surface area contributed by atoms with Crippen LogP contribution in [0.5, 0.6) is 0 Å². The van der Waals surface area contributed by atoms with E-state index >= 15 is 0 Å². The number of hydrazine groups is 1. The first-order chi connectivity index (χ1) is 8.69. The maximum Gasteiger partial charge on any atom is 0.287 e. The van der Waals surface area contributed by atoms with Crippen LogP contribution < -0.4 is 11.3 Å². The van der Waals surface area contributed by atoms with Gasteiger partial charge in [-0.15, -0.1) is 15.3 Å². The summed E-state index contributed by atoms with van der Waals surface area (Å²) in [6.45, 7) is 2.55. The maximum atomic E-state index is 11.2. The van der Waals surface area contributed by atoms with Gasteiger partial charge in [0, 0.05) is 5.75 Å². The van der Waals surface area contributed by atoms with Crippen LogP contribution in [0.4, 0.5) is 0 Å². The SMILES string of the molecule is Cc1nnc(SCCn2cc(C(=O)NN)nn2)s1. The number of hydrogen-bond acceptors (Lipinski definition) is 8. The molecule has 18 heavy (non-hydrogen) atoms. The fourth-order valence-electron chi connectivity index (χ4n) is 1.15. The van der Waals surface area contributed by atoms with Crippen LogP contribution in [-0.2, 0) is 6.54 Å². The normalized spacial score (nSPS) is 10.6. The van der Waals surface area contributed by atoms with Gasteiger partial charge in [-0.25, -0.2) is 5.84 Å². The summed E-state index contributed by atoms with van der Waals surface area (Å²) in [5.41, 5.74) is 2.21. The molecule has 0 atom stereocenters. The summed E-state index contributed by atoms with van der Waals surface area (Å²) in [5.74, 6) is 5.33. The van der Waals surface area contributed by atoms with Crippen LogP contribution in [0.2, 0.25) is 0 Å². The molecule has 0 aliphatic carbocycles. The molecule has 2 heterocycles. The number of thioether (sulfide) groups is 1. The van der Waals surface area contributed by atoms with Gasteiger partial charge in [-0.05, 0) is 6.92 Å². The molecule has 0 saturated carbocycles. The van der Waals surface area contributed by atoms with Crippen LogP contribution in [0.3, 0.4) is 0 Å². The topological polar surface area (TPSA) is 112 Å². The van der Waals surface area contributed by atoms with Crippen LogP contribution in [0.15, 0.2) is 10.5 Å². The summed E-state index contributed by atoms with van der Waals surface area (Å²) >= 11 is 3.14. The van der Waals surface area contributed by atoms with E-state index in [0.29, 0.717) is 6.54 Å². The zero-order chi connectivity index (χ0) is 13.0. The molecule has 2 aromatic rings. The van der Waals surface area contributed by atoms with Crippen molar-refractivity contribution in [1.29, 1.82) is 0 Å². The first-order valence-electron chi connectivity index (χ1n) is 5.03. The van der Waals surface area contributed by atoms with E-state index in [4.69, 9.17) is 5.84 Å². The third-order valence-corrected chi connectivity index (χ3v) is 3.91. The fourth-order valence-corrected chi connectivity index (χ4v) is 2.96. The maximum absolute atomic E-state index is 11.2. The Morgan fingerprint density at radius 3 is 3.06 bits per heavy atom. The Hall–Kier alpha value is -1.52. The zero-order valence-electron chi connectivity index (χ0n) is 9.53. The molecular formula is C8H11N7OS2. The highest BCUT2D eigenvalue weighted by atomic mass is 32.2. The third kappa shape index (κ3) is 3.24. The summed E-state index contributed by atoms with van der Waals surface area (Å²) in [6.07, 6.45) is 1.55. The van der Waals surface area contributed by atoms with Crippen molar-refractivity contribution in [3.63, 3.8) is 0 Å². The van der Waals surface area contributed by atoms with E-state index in [1.807, 2.05) is 12.3 Å². The van der Waals surface area contributed by atoms with Crippen LogP contribution in [0.1, 0.15) is 15.5 Å². The van der Waals surface area contributed by atoms with Gasteiger partial charge in [0.1, 0.15) is 5.01 Å². The summed E-state index contributed by atoms with van der Waals surface area (Å²) in [6, 6.07) is 0. The first-order valence-corrected chi connectivity index (χ1v) is 6.83. The van der Waals surface area contributed by atoms with Crippen LogP contribution >= 0.6 is 23.1 Å². The summed E-state index contributed by atoms with van der Waals surface area (Å²) in [7, 11) is 0. The Balaban J connectivity index is 1.83. The molecule has 0 unspecified atom stereocenters. The highest BCUT2D eigenvalue weighted by Gasteiger charge is 2.08. The van der Waals surface area contributed by atoms with E-state index in [9.17, 15) is 4.79 Å². The van der Waals surface area contributed by atoms with Gasteiger partial charge >= 0.3 is 0 Å². The lowest BCUT2D eigenvalue weighted by Gasteiger charge is -1.97. The van der Waals surface area contributed by atoms with E-state index in [1.165, 1.54) is 0 Å². The second-order valence-electron chi connectivity index (χ2n) is 3.28. The van der Waals surface area contributed by atoms with Gasteiger partial charge in [-0.2, -0.15) is 0 Å². The molecule has 3 N–H and O–H groups in total. The number of rotatable bonds is 5. The van der Waals surface area contributed by atoms with E-state index in [-0.39, 0.29) is 5.69 Å². The van der Waals surface area contributed by atoms with Gasteiger partial charge in [0.05, 0.1) is 12.7 Å². The van der Waals surface area contributed by atoms with Crippen molar-refractivity contribution in [2.75, 3.05) is 5.75 Å². The summed E-state index contributed by atoms with van der Waals surface area (Å²) in [5, 5.41) is 16.4. The number of nitrogens with zero attached hydrogens (tertiary/aromatic N) is 5. The number of aromatic nitrogens is 5. The highest BCUT2D eigenvalue weighted by Crippen LogP contribution is 2.21. The first kappa shape index (κ1) is 12.9. The number of nitrogens with two attached hydrogens (primary N) is 1. The Kier molecular flexibility index (Phi) is 4.23. The number of nitrogens with one attached hydrogen (secondary N) is 1. The minimum Gasteiger partial charge on any atom is -0.289 e. The minimum absolute atomic E-state index is 0.203. The van der Waals surface area contributed by atoms with Gasteiger partial charge in [0.25, 0.3) is 5.91 Å². The molecule has 2 aromatic heterocycles. The Morgan fingerprint density at radius 1 is 1.56 bits per heavy atom. The molecule has 1 amide bonds. The van der Waals surface area contributed by atoms with Gasteiger partial charge in [0.2, 0.25) is 0 Å². The van der Waals surface area contributed by atoms with Gasteiger partial charge in [-0.3, -0.25) is 14.9 Å². The lowest BCUT2D eigenvalue weighted by molar-refractivity contribution is 0.0948. The van der Waals surface area contributed by atoms with E-state index < -0.39 is 5.91 Å². The summed E-state index contributed by atoms with van der Waals surface area (Å²) in [4.78, 5) is 11.2. The quantitative estimate of drug-likeness (QED) is 0.339. The van der Waals surface area contributed by atoms with Crippen molar-refractivity contribution in [3.8, 4) is 0 Å². The minimum atomic E-state index is -0.450. The number of hydrogen-bond donors (Lipinski definition) is 2. The molecule has 0 bridgehead atoms. The van der Waals surface area contributed by atoms with Gasteiger partial charge in [0.15, 0.2) is 10.0 Å². The van der Waals surface area contributed by atoms with E-state index in [1.54, 1.807) is 34.0 Å². The molecule has 0 fully saturated rings. The molecule has 2 rings (SSSR count). The lowest BCUT2D eigenvalue weighted by atomic mass is 10.5. The van der Waals surface area contributed by atoms with Crippen molar-refractivity contribution >= 4 is 29.0 Å². The predicted molar refractivity (Wildman–Crippen MR) is 67.0 cm³/mol. The second-order valence-corrected chi connectivity index (χ2v) is 5.80. The molecule has 0 saturated heterocycles. The van der Waals surface area contributed by atoms with Gasteiger partial charge < -0.3 is 0 Å².